The predicted octanol–water partition coefficient (Wildman–Crippen LogP) is 2.61. The lowest BCUT2D eigenvalue weighted by atomic mass is 10.1. The van der Waals surface area contributed by atoms with E-state index < -0.39 is 0 Å². The topological polar surface area (TPSA) is 41.9 Å². The van der Waals surface area contributed by atoms with Crippen LogP contribution < -0.4 is 9.47 Å². The highest BCUT2D eigenvalue weighted by Crippen LogP contribution is 2.31. The second-order valence-electron chi connectivity index (χ2n) is 5.28. The highest BCUT2D eigenvalue weighted by atomic mass is 16.5. The fourth-order valence-corrected chi connectivity index (χ4v) is 2.21. The average Bonchev–Trinajstić information content (AvgIpc) is 2.44. The van der Waals surface area contributed by atoms with Crippen LogP contribution in [0.3, 0.4) is 0 Å². The Hall–Kier alpha value is -1.26. The predicted molar refractivity (Wildman–Crippen MR) is 81.5 cm³/mol. The van der Waals surface area contributed by atoms with E-state index in [0.29, 0.717) is 6.04 Å². The zero-order valence-electron chi connectivity index (χ0n) is 13.3. The van der Waals surface area contributed by atoms with E-state index in [2.05, 4.69) is 25.7 Å². The normalized spacial score (nSPS) is 11.2. The first-order chi connectivity index (χ1) is 9.53. The number of aliphatic hydroxyl groups excluding tert-OH is 1. The van der Waals surface area contributed by atoms with Crippen molar-refractivity contribution in [3.8, 4) is 11.5 Å². The molecule has 1 aromatic rings. The van der Waals surface area contributed by atoms with Gasteiger partial charge >= 0.3 is 0 Å². The summed E-state index contributed by atoms with van der Waals surface area (Å²) in [6.07, 6.45) is 0.796. The Balaban J connectivity index is 2.94. The van der Waals surface area contributed by atoms with Gasteiger partial charge < -0.3 is 14.6 Å². The van der Waals surface area contributed by atoms with Gasteiger partial charge in [-0.25, -0.2) is 0 Å². The van der Waals surface area contributed by atoms with E-state index >= 15 is 0 Å². The summed E-state index contributed by atoms with van der Waals surface area (Å²) in [5.41, 5.74) is 2.42. The maximum Gasteiger partial charge on any atom is 0.161 e. The van der Waals surface area contributed by atoms with E-state index in [9.17, 15) is 0 Å². The molecule has 0 aliphatic rings. The smallest absolute Gasteiger partial charge is 0.161 e. The largest absolute Gasteiger partial charge is 0.493 e. The van der Waals surface area contributed by atoms with Crippen molar-refractivity contribution in [1.82, 2.24) is 4.90 Å². The summed E-state index contributed by atoms with van der Waals surface area (Å²) < 4.78 is 10.7. The van der Waals surface area contributed by atoms with Crippen LogP contribution in [-0.2, 0) is 6.54 Å². The zero-order valence-corrected chi connectivity index (χ0v) is 13.3. The van der Waals surface area contributed by atoms with Crippen molar-refractivity contribution in [1.29, 1.82) is 0 Å². The minimum Gasteiger partial charge on any atom is -0.493 e. The number of ether oxygens (including phenoxy) is 2. The molecule has 1 N–H and O–H groups in total. The molecule has 20 heavy (non-hydrogen) atoms. The average molecular weight is 281 g/mol. The summed E-state index contributed by atoms with van der Waals surface area (Å²) in [5.74, 6) is 1.53. The van der Waals surface area contributed by atoms with Crippen LogP contribution in [-0.4, -0.2) is 43.4 Å². The van der Waals surface area contributed by atoms with E-state index in [1.54, 1.807) is 14.2 Å². The third-order valence-electron chi connectivity index (χ3n) is 3.55. The number of rotatable bonds is 8. The molecule has 0 bridgehead atoms. The van der Waals surface area contributed by atoms with Crippen LogP contribution in [0.15, 0.2) is 12.1 Å². The number of aryl methyl sites for hydroxylation is 1. The van der Waals surface area contributed by atoms with Gasteiger partial charge in [-0.1, -0.05) is 0 Å². The molecule has 114 valence electrons. The minimum absolute atomic E-state index is 0.230. The van der Waals surface area contributed by atoms with Crippen molar-refractivity contribution in [3.63, 3.8) is 0 Å². The molecule has 0 unspecified atom stereocenters. The first kappa shape index (κ1) is 16.8. The molecule has 0 atom stereocenters. The third-order valence-corrected chi connectivity index (χ3v) is 3.55. The van der Waals surface area contributed by atoms with Gasteiger partial charge in [0, 0.05) is 25.7 Å². The summed E-state index contributed by atoms with van der Waals surface area (Å²) in [6.45, 7) is 8.41. The molecule has 0 heterocycles. The molecular formula is C16H27NO3. The molecule has 0 saturated carbocycles. The maximum atomic E-state index is 9.00. The van der Waals surface area contributed by atoms with Crippen LogP contribution in [0, 0.1) is 6.92 Å². The molecule has 0 saturated heterocycles. The van der Waals surface area contributed by atoms with Crippen LogP contribution in [0.25, 0.3) is 0 Å². The summed E-state index contributed by atoms with van der Waals surface area (Å²) in [6, 6.07) is 4.50. The molecule has 0 fully saturated rings. The van der Waals surface area contributed by atoms with Crippen LogP contribution in [0.2, 0.25) is 0 Å². The first-order valence-corrected chi connectivity index (χ1v) is 7.09. The van der Waals surface area contributed by atoms with Crippen LogP contribution >= 0.6 is 0 Å². The van der Waals surface area contributed by atoms with Gasteiger partial charge in [0.15, 0.2) is 11.5 Å². The van der Waals surface area contributed by atoms with E-state index in [-0.39, 0.29) is 6.61 Å². The Morgan fingerprint density at radius 2 is 1.75 bits per heavy atom. The van der Waals surface area contributed by atoms with Crippen molar-refractivity contribution >= 4 is 0 Å². The number of benzene rings is 1. The number of methoxy groups -OCH3 is 2. The van der Waals surface area contributed by atoms with E-state index in [0.717, 1.165) is 31.0 Å². The molecule has 0 radical (unpaired) electrons. The number of aliphatic hydroxyl groups is 1. The van der Waals surface area contributed by atoms with Gasteiger partial charge in [0.2, 0.25) is 0 Å². The molecule has 0 spiro atoms. The quantitative estimate of drug-likeness (QED) is 0.795. The van der Waals surface area contributed by atoms with Gasteiger partial charge in [-0.3, -0.25) is 4.90 Å². The Morgan fingerprint density at radius 3 is 2.25 bits per heavy atom. The fourth-order valence-electron chi connectivity index (χ4n) is 2.21. The highest BCUT2D eigenvalue weighted by molar-refractivity contribution is 5.47. The molecule has 1 rings (SSSR count). The van der Waals surface area contributed by atoms with Crippen molar-refractivity contribution in [2.45, 2.75) is 39.8 Å². The molecule has 4 nitrogen and oxygen atoms in total. The summed E-state index contributed by atoms with van der Waals surface area (Å²) in [4.78, 5) is 2.35. The Kier molecular flexibility index (Phi) is 6.82. The minimum atomic E-state index is 0.230. The van der Waals surface area contributed by atoms with E-state index in [1.165, 1.54) is 11.1 Å². The van der Waals surface area contributed by atoms with Crippen molar-refractivity contribution in [3.05, 3.63) is 23.3 Å². The maximum absolute atomic E-state index is 9.00. The standard InChI is InChI=1S/C16H27NO3/c1-12(2)17(7-6-8-18)11-14-10-16(20-5)15(19-4)9-13(14)3/h9-10,12,18H,6-8,11H2,1-5H3. The van der Waals surface area contributed by atoms with Crippen LogP contribution in [0.1, 0.15) is 31.4 Å². The molecule has 0 amide bonds. The number of hydrogen-bond donors (Lipinski definition) is 1. The molecule has 0 aromatic heterocycles. The zero-order chi connectivity index (χ0) is 15.1. The molecule has 4 heteroatoms. The third kappa shape index (κ3) is 4.39. The summed E-state index contributed by atoms with van der Waals surface area (Å²) in [7, 11) is 3.31. The Labute approximate surface area is 122 Å². The van der Waals surface area contributed by atoms with Gasteiger partial charge in [0.25, 0.3) is 0 Å². The van der Waals surface area contributed by atoms with Crippen LogP contribution in [0.5, 0.6) is 11.5 Å². The summed E-state index contributed by atoms with van der Waals surface area (Å²) >= 11 is 0. The van der Waals surface area contributed by atoms with Crippen LogP contribution in [0.4, 0.5) is 0 Å². The van der Waals surface area contributed by atoms with E-state index in [1.807, 2.05) is 12.1 Å². The van der Waals surface area contributed by atoms with Gasteiger partial charge in [0.05, 0.1) is 14.2 Å². The van der Waals surface area contributed by atoms with Crippen molar-refractivity contribution in [2.24, 2.45) is 0 Å². The lowest BCUT2D eigenvalue weighted by Gasteiger charge is -2.27. The fraction of sp³-hybridized carbons (Fsp3) is 0.625. The monoisotopic (exact) mass is 281 g/mol. The highest BCUT2D eigenvalue weighted by Gasteiger charge is 2.14. The molecular weight excluding hydrogens is 254 g/mol. The lowest BCUT2D eigenvalue weighted by molar-refractivity contribution is 0.184. The van der Waals surface area contributed by atoms with Crippen molar-refractivity contribution in [2.75, 3.05) is 27.4 Å². The first-order valence-electron chi connectivity index (χ1n) is 7.09. The lowest BCUT2D eigenvalue weighted by Crippen LogP contribution is -2.32. The Bertz CT molecular complexity index is 418. The second kappa shape index (κ2) is 8.12. The van der Waals surface area contributed by atoms with Gasteiger partial charge in [0.1, 0.15) is 0 Å². The second-order valence-corrected chi connectivity index (χ2v) is 5.28. The summed E-state index contributed by atoms with van der Waals surface area (Å²) in [5, 5.41) is 9.00. The van der Waals surface area contributed by atoms with Crippen molar-refractivity contribution < 1.29 is 14.6 Å². The molecule has 0 aliphatic carbocycles. The van der Waals surface area contributed by atoms with Gasteiger partial charge in [-0.05, 0) is 50.5 Å². The number of nitrogens with zero attached hydrogens (tertiary/aromatic N) is 1. The van der Waals surface area contributed by atoms with Gasteiger partial charge in [-0.2, -0.15) is 0 Å². The molecule has 0 aliphatic heterocycles. The number of hydrogen-bond acceptors (Lipinski definition) is 4. The van der Waals surface area contributed by atoms with E-state index in [4.69, 9.17) is 14.6 Å². The molecule has 1 aromatic carbocycles. The van der Waals surface area contributed by atoms with Gasteiger partial charge in [-0.15, -0.1) is 0 Å². The Morgan fingerprint density at radius 1 is 1.15 bits per heavy atom. The SMILES string of the molecule is COc1cc(C)c(CN(CCCO)C(C)C)cc1OC.